The number of halogens is 2. The molecule has 0 bridgehead atoms. The van der Waals surface area contributed by atoms with Gasteiger partial charge < -0.3 is 5.11 Å². The fraction of sp³-hybridized carbons (Fsp3) is 0.308. The van der Waals surface area contributed by atoms with Gasteiger partial charge in [0.05, 0.1) is 6.20 Å². The van der Waals surface area contributed by atoms with Crippen molar-refractivity contribution in [3.8, 4) is 0 Å². The smallest absolute Gasteiger partial charge is 0.159 e. The van der Waals surface area contributed by atoms with Gasteiger partial charge in [-0.1, -0.05) is 6.07 Å². The molecule has 3 nitrogen and oxygen atoms in total. The number of aliphatic hydroxyl groups excluding tert-OH is 1. The summed E-state index contributed by atoms with van der Waals surface area (Å²) in [6.45, 7) is 3.92. The Bertz CT molecular complexity index is 552. The molecule has 0 saturated heterocycles. The Labute approximate surface area is 104 Å². The molecule has 0 fully saturated rings. The van der Waals surface area contributed by atoms with Crippen LogP contribution in [0.2, 0.25) is 0 Å². The molecule has 1 aromatic heterocycles. The molecule has 0 saturated carbocycles. The van der Waals surface area contributed by atoms with Crippen LogP contribution in [0.3, 0.4) is 0 Å². The SMILES string of the molecule is CC(C)n1cc(C(O)c2ccc(F)c(F)c2)cn1. The van der Waals surface area contributed by atoms with Gasteiger partial charge in [-0.2, -0.15) is 5.10 Å². The second-order valence-corrected chi connectivity index (χ2v) is 4.42. The second-order valence-electron chi connectivity index (χ2n) is 4.42. The first-order valence-corrected chi connectivity index (χ1v) is 5.66. The van der Waals surface area contributed by atoms with Crippen LogP contribution in [0, 0.1) is 11.6 Å². The van der Waals surface area contributed by atoms with E-state index in [4.69, 9.17) is 0 Å². The van der Waals surface area contributed by atoms with E-state index in [1.807, 2.05) is 13.8 Å². The number of hydrogen-bond acceptors (Lipinski definition) is 2. The van der Waals surface area contributed by atoms with Gasteiger partial charge in [-0.25, -0.2) is 8.78 Å². The molecule has 1 unspecified atom stereocenters. The van der Waals surface area contributed by atoms with Crippen molar-refractivity contribution in [2.75, 3.05) is 0 Å². The fourth-order valence-corrected chi connectivity index (χ4v) is 1.65. The molecule has 0 aliphatic rings. The Hall–Kier alpha value is -1.75. The minimum atomic E-state index is -1.01. The molecule has 2 rings (SSSR count). The molecule has 2 aromatic rings. The molecule has 1 aromatic carbocycles. The summed E-state index contributed by atoms with van der Waals surface area (Å²) in [5.41, 5.74) is 0.854. The largest absolute Gasteiger partial charge is 0.384 e. The maximum absolute atomic E-state index is 13.1. The Morgan fingerprint density at radius 2 is 1.89 bits per heavy atom. The molecule has 0 radical (unpaired) electrons. The predicted octanol–water partition coefficient (Wildman–Crippen LogP) is 2.82. The lowest BCUT2D eigenvalue weighted by Crippen LogP contribution is -2.02. The summed E-state index contributed by atoms with van der Waals surface area (Å²) < 4.78 is 27.6. The van der Waals surface area contributed by atoms with Crippen molar-refractivity contribution in [1.82, 2.24) is 9.78 Å². The van der Waals surface area contributed by atoms with Crippen LogP contribution < -0.4 is 0 Å². The monoisotopic (exact) mass is 252 g/mol. The standard InChI is InChI=1S/C13H14F2N2O/c1-8(2)17-7-10(6-16-17)13(18)9-3-4-11(14)12(15)5-9/h3-8,13,18H,1-2H3. The first kappa shape index (κ1) is 12.7. The number of aliphatic hydroxyl groups is 1. The molecular formula is C13H14F2N2O. The first-order valence-electron chi connectivity index (χ1n) is 5.66. The van der Waals surface area contributed by atoms with Crippen molar-refractivity contribution in [1.29, 1.82) is 0 Å². The zero-order valence-corrected chi connectivity index (χ0v) is 10.1. The molecule has 18 heavy (non-hydrogen) atoms. The van der Waals surface area contributed by atoms with Crippen LogP contribution in [-0.4, -0.2) is 14.9 Å². The maximum atomic E-state index is 13.1. The van der Waals surface area contributed by atoms with Crippen LogP contribution in [0.15, 0.2) is 30.6 Å². The van der Waals surface area contributed by atoms with E-state index in [0.717, 1.165) is 12.1 Å². The zero-order chi connectivity index (χ0) is 13.3. The number of benzene rings is 1. The van der Waals surface area contributed by atoms with E-state index in [0.29, 0.717) is 11.1 Å². The lowest BCUT2D eigenvalue weighted by atomic mass is 10.0. The minimum Gasteiger partial charge on any atom is -0.384 e. The Kier molecular flexibility index (Phi) is 3.43. The predicted molar refractivity (Wildman–Crippen MR) is 63.0 cm³/mol. The first-order chi connectivity index (χ1) is 8.49. The summed E-state index contributed by atoms with van der Waals surface area (Å²) >= 11 is 0. The van der Waals surface area contributed by atoms with Crippen LogP contribution in [0.4, 0.5) is 8.78 Å². The van der Waals surface area contributed by atoms with Gasteiger partial charge in [-0.05, 0) is 31.5 Å². The summed E-state index contributed by atoms with van der Waals surface area (Å²) in [6.07, 6.45) is 2.20. The Morgan fingerprint density at radius 3 is 2.44 bits per heavy atom. The number of rotatable bonds is 3. The summed E-state index contributed by atoms with van der Waals surface area (Å²) in [6, 6.07) is 3.53. The van der Waals surface area contributed by atoms with Crippen LogP contribution >= 0.6 is 0 Å². The van der Waals surface area contributed by atoms with Crippen LogP contribution in [0.1, 0.15) is 37.1 Å². The average Bonchev–Trinajstić information content (AvgIpc) is 2.81. The molecule has 5 heteroatoms. The molecule has 0 spiro atoms. The van der Waals surface area contributed by atoms with Crippen molar-refractivity contribution in [2.45, 2.75) is 26.0 Å². The zero-order valence-electron chi connectivity index (χ0n) is 10.1. The second kappa shape index (κ2) is 4.86. The molecule has 0 aliphatic carbocycles. The van der Waals surface area contributed by atoms with E-state index >= 15 is 0 Å². The van der Waals surface area contributed by atoms with E-state index in [1.165, 1.54) is 12.3 Å². The highest BCUT2D eigenvalue weighted by Crippen LogP contribution is 2.23. The van der Waals surface area contributed by atoms with Gasteiger partial charge in [0.25, 0.3) is 0 Å². The summed E-state index contributed by atoms with van der Waals surface area (Å²) in [5.74, 6) is -1.90. The molecule has 0 amide bonds. The van der Waals surface area contributed by atoms with Crippen molar-refractivity contribution in [3.05, 3.63) is 53.4 Å². The summed E-state index contributed by atoms with van der Waals surface area (Å²) in [7, 11) is 0. The minimum absolute atomic E-state index is 0.177. The quantitative estimate of drug-likeness (QED) is 0.912. The number of hydrogen-bond donors (Lipinski definition) is 1. The van der Waals surface area contributed by atoms with Gasteiger partial charge in [0.1, 0.15) is 6.10 Å². The van der Waals surface area contributed by atoms with Crippen LogP contribution in [0.5, 0.6) is 0 Å². The van der Waals surface area contributed by atoms with E-state index in [-0.39, 0.29) is 6.04 Å². The lowest BCUT2D eigenvalue weighted by Gasteiger charge is -2.09. The highest BCUT2D eigenvalue weighted by Gasteiger charge is 2.15. The molecule has 0 aliphatic heterocycles. The van der Waals surface area contributed by atoms with E-state index < -0.39 is 17.7 Å². The third kappa shape index (κ3) is 2.41. The fourth-order valence-electron chi connectivity index (χ4n) is 1.65. The maximum Gasteiger partial charge on any atom is 0.159 e. The van der Waals surface area contributed by atoms with Crippen molar-refractivity contribution in [3.63, 3.8) is 0 Å². The molecule has 1 N–H and O–H groups in total. The molecule has 1 heterocycles. The molecule has 1 atom stereocenters. The summed E-state index contributed by atoms with van der Waals surface area (Å²) in [5, 5.41) is 14.2. The number of nitrogens with zero attached hydrogens (tertiary/aromatic N) is 2. The van der Waals surface area contributed by atoms with Crippen LogP contribution in [0.25, 0.3) is 0 Å². The normalized spacial score (nSPS) is 13.0. The van der Waals surface area contributed by atoms with Crippen LogP contribution in [-0.2, 0) is 0 Å². The van der Waals surface area contributed by atoms with Crippen molar-refractivity contribution in [2.24, 2.45) is 0 Å². The van der Waals surface area contributed by atoms with Gasteiger partial charge in [-0.3, -0.25) is 4.68 Å². The van der Waals surface area contributed by atoms with Crippen molar-refractivity contribution < 1.29 is 13.9 Å². The topological polar surface area (TPSA) is 38.0 Å². The Morgan fingerprint density at radius 1 is 1.17 bits per heavy atom. The third-order valence-corrected chi connectivity index (χ3v) is 2.73. The summed E-state index contributed by atoms with van der Waals surface area (Å²) in [4.78, 5) is 0. The highest BCUT2D eigenvalue weighted by atomic mass is 19.2. The van der Waals surface area contributed by atoms with Gasteiger partial charge >= 0.3 is 0 Å². The van der Waals surface area contributed by atoms with Gasteiger partial charge in [0.15, 0.2) is 11.6 Å². The van der Waals surface area contributed by atoms with Crippen molar-refractivity contribution >= 4 is 0 Å². The van der Waals surface area contributed by atoms with E-state index in [2.05, 4.69) is 5.10 Å². The molecular weight excluding hydrogens is 238 g/mol. The van der Waals surface area contributed by atoms with Gasteiger partial charge in [0.2, 0.25) is 0 Å². The van der Waals surface area contributed by atoms with E-state index in [9.17, 15) is 13.9 Å². The number of aromatic nitrogens is 2. The third-order valence-electron chi connectivity index (χ3n) is 2.73. The average molecular weight is 252 g/mol. The highest BCUT2D eigenvalue weighted by molar-refractivity contribution is 5.27. The van der Waals surface area contributed by atoms with Gasteiger partial charge in [0, 0.05) is 17.8 Å². The Balaban J connectivity index is 2.29. The lowest BCUT2D eigenvalue weighted by molar-refractivity contribution is 0.219. The van der Waals surface area contributed by atoms with Gasteiger partial charge in [-0.15, -0.1) is 0 Å². The van der Waals surface area contributed by atoms with E-state index in [1.54, 1.807) is 10.9 Å². The molecule has 96 valence electrons.